The number of carbonyl (C=O) groups excluding carboxylic acids is 1. The first-order valence-corrected chi connectivity index (χ1v) is 11.7. The van der Waals surface area contributed by atoms with Crippen LogP contribution in [0.1, 0.15) is 30.6 Å². The maximum absolute atomic E-state index is 14.9. The molecular weight excluding hydrogens is 494 g/mol. The van der Waals surface area contributed by atoms with Gasteiger partial charge in [0.1, 0.15) is 11.6 Å². The highest BCUT2D eigenvalue weighted by molar-refractivity contribution is 5.95. The normalized spacial score (nSPS) is 20.0. The summed E-state index contributed by atoms with van der Waals surface area (Å²) in [7, 11) is 1.36. The number of carbonyl (C=O) groups is 1. The van der Waals surface area contributed by atoms with Gasteiger partial charge in [0.2, 0.25) is 11.7 Å². The topological polar surface area (TPSA) is 100 Å². The largest absolute Gasteiger partial charge is 0.494 e. The van der Waals surface area contributed by atoms with Crippen LogP contribution >= 0.6 is 0 Å². The van der Waals surface area contributed by atoms with E-state index in [1.54, 1.807) is 6.07 Å². The van der Waals surface area contributed by atoms with Crippen LogP contribution in [0.5, 0.6) is 5.75 Å². The first-order chi connectivity index (χ1) is 17.6. The molecule has 0 N–H and O–H groups in total. The Hall–Kier alpha value is -3.95. The van der Waals surface area contributed by atoms with E-state index in [0.29, 0.717) is 36.1 Å². The Balaban J connectivity index is 1.36. The molecule has 5 rings (SSSR count). The number of nitriles is 1. The lowest BCUT2D eigenvalue weighted by Crippen LogP contribution is -2.49. The second-order valence-electron chi connectivity index (χ2n) is 9.28. The molecule has 0 bridgehead atoms. The van der Waals surface area contributed by atoms with Crippen LogP contribution in [-0.2, 0) is 24.1 Å². The van der Waals surface area contributed by atoms with Gasteiger partial charge in [-0.2, -0.15) is 18.4 Å². The first kappa shape index (κ1) is 24.7. The first-order valence-electron chi connectivity index (χ1n) is 11.7. The van der Waals surface area contributed by atoms with Gasteiger partial charge in [0.05, 0.1) is 24.9 Å². The second kappa shape index (κ2) is 9.17. The summed E-state index contributed by atoms with van der Waals surface area (Å²) in [6, 6.07) is 5.28. The van der Waals surface area contributed by atoms with Crippen molar-refractivity contribution >= 4 is 22.5 Å². The minimum atomic E-state index is -4.60. The molecule has 0 saturated carbocycles. The Morgan fingerprint density at radius 1 is 1.22 bits per heavy atom. The molecule has 9 nitrogen and oxygen atoms in total. The van der Waals surface area contributed by atoms with Crippen LogP contribution in [0.15, 0.2) is 18.3 Å². The van der Waals surface area contributed by atoms with E-state index in [4.69, 9.17) is 4.74 Å². The number of alkyl halides is 3. The summed E-state index contributed by atoms with van der Waals surface area (Å²) >= 11 is 0. The number of nitrogens with zero attached hydrogens (tertiary/aromatic N) is 7. The Morgan fingerprint density at radius 3 is 2.68 bits per heavy atom. The minimum absolute atomic E-state index is 0.0281. The molecule has 0 spiro atoms. The number of aromatic nitrogens is 4. The maximum atomic E-state index is 14.9. The SMILES string of the molecule is COc1ccc2c(N3CC[C@H](C(=O)N4CCn5c(nnc5C(F)(F)F)C4)[C@H](C)C3)c(C#N)cnc2c1F. The van der Waals surface area contributed by atoms with Crippen LogP contribution < -0.4 is 9.64 Å². The van der Waals surface area contributed by atoms with Crippen molar-refractivity contribution in [1.29, 1.82) is 5.26 Å². The van der Waals surface area contributed by atoms with Gasteiger partial charge in [-0.3, -0.25) is 9.78 Å². The molecule has 2 aromatic heterocycles. The van der Waals surface area contributed by atoms with Crippen molar-refractivity contribution in [3.05, 3.63) is 41.4 Å². The van der Waals surface area contributed by atoms with Gasteiger partial charge in [0.25, 0.3) is 0 Å². The zero-order chi connectivity index (χ0) is 26.5. The van der Waals surface area contributed by atoms with Crippen LogP contribution in [-0.4, -0.2) is 57.3 Å². The summed E-state index contributed by atoms with van der Waals surface area (Å²) in [6.07, 6.45) is -2.81. The lowest BCUT2D eigenvalue weighted by Gasteiger charge is -2.40. The van der Waals surface area contributed by atoms with Gasteiger partial charge in [-0.15, -0.1) is 10.2 Å². The van der Waals surface area contributed by atoms with E-state index in [1.165, 1.54) is 24.3 Å². The number of amides is 1. The van der Waals surface area contributed by atoms with Crippen molar-refractivity contribution in [2.75, 3.05) is 31.6 Å². The smallest absolute Gasteiger partial charge is 0.451 e. The van der Waals surface area contributed by atoms with Gasteiger partial charge >= 0.3 is 6.18 Å². The highest BCUT2D eigenvalue weighted by atomic mass is 19.4. The third-order valence-electron chi connectivity index (χ3n) is 7.11. The summed E-state index contributed by atoms with van der Waals surface area (Å²) in [5.74, 6) is -2.15. The average molecular weight is 517 g/mol. The molecule has 2 aliphatic rings. The van der Waals surface area contributed by atoms with Crippen molar-refractivity contribution in [2.45, 2.75) is 32.6 Å². The van der Waals surface area contributed by atoms with Crippen molar-refractivity contribution in [1.82, 2.24) is 24.6 Å². The molecule has 2 atom stereocenters. The molecule has 2 aliphatic heterocycles. The van der Waals surface area contributed by atoms with E-state index in [9.17, 15) is 27.6 Å². The van der Waals surface area contributed by atoms with Crippen LogP contribution in [0.2, 0.25) is 0 Å². The molecule has 0 aliphatic carbocycles. The fourth-order valence-electron chi connectivity index (χ4n) is 5.28. The van der Waals surface area contributed by atoms with Gasteiger partial charge in [-0.25, -0.2) is 4.39 Å². The Morgan fingerprint density at radius 2 is 2.00 bits per heavy atom. The number of rotatable bonds is 3. The number of anilines is 1. The highest BCUT2D eigenvalue weighted by Gasteiger charge is 2.41. The van der Waals surface area contributed by atoms with Gasteiger partial charge in [-0.05, 0) is 24.5 Å². The van der Waals surface area contributed by atoms with Crippen LogP contribution in [0.4, 0.5) is 23.2 Å². The van der Waals surface area contributed by atoms with E-state index in [1.807, 2.05) is 11.8 Å². The molecule has 1 amide bonds. The zero-order valence-corrected chi connectivity index (χ0v) is 20.1. The van der Waals surface area contributed by atoms with Crippen LogP contribution in [0, 0.1) is 29.0 Å². The predicted molar refractivity (Wildman–Crippen MR) is 123 cm³/mol. The van der Waals surface area contributed by atoms with E-state index in [0.717, 1.165) is 4.57 Å². The molecule has 4 heterocycles. The van der Waals surface area contributed by atoms with Crippen LogP contribution in [0.25, 0.3) is 10.9 Å². The molecule has 13 heteroatoms. The summed E-state index contributed by atoms with van der Waals surface area (Å²) < 4.78 is 60.3. The van der Waals surface area contributed by atoms with Crippen molar-refractivity contribution in [2.24, 2.45) is 11.8 Å². The summed E-state index contributed by atoms with van der Waals surface area (Å²) in [4.78, 5) is 21.0. The quantitative estimate of drug-likeness (QED) is 0.491. The Kier molecular flexibility index (Phi) is 6.13. The second-order valence-corrected chi connectivity index (χ2v) is 9.28. The number of ether oxygens (including phenoxy) is 1. The number of hydrogen-bond donors (Lipinski definition) is 0. The molecule has 37 heavy (non-hydrogen) atoms. The summed E-state index contributed by atoms with van der Waals surface area (Å²) in [5.41, 5.74) is 0.942. The number of methoxy groups -OCH3 is 1. The predicted octanol–water partition coefficient (Wildman–Crippen LogP) is 3.37. The lowest BCUT2D eigenvalue weighted by atomic mass is 9.85. The molecular formula is C24H23F4N7O2. The molecule has 3 aromatic rings. The van der Waals surface area contributed by atoms with Gasteiger partial charge < -0.3 is 19.1 Å². The molecule has 0 radical (unpaired) electrons. The number of fused-ring (bicyclic) bond motifs is 2. The summed E-state index contributed by atoms with van der Waals surface area (Å²) in [5, 5.41) is 17.1. The van der Waals surface area contributed by atoms with E-state index >= 15 is 0 Å². The molecule has 0 unspecified atom stereocenters. The number of benzene rings is 1. The number of halogens is 4. The summed E-state index contributed by atoms with van der Waals surface area (Å²) in [6.45, 7) is 2.85. The standard InChI is InChI=1S/C24H23F4N7O2/c1-13-11-33(21-14(9-29)10-30-20-16(21)3-4-17(37-2)19(20)25)6-5-15(13)22(36)34-7-8-35-18(12-34)31-32-23(35)24(26,27)28/h3-4,10,13,15H,5-8,11-12H2,1-2H3/t13-,15+/m1/s1. The molecule has 194 valence electrons. The number of piperidine rings is 1. The fourth-order valence-corrected chi connectivity index (χ4v) is 5.28. The van der Waals surface area contributed by atoms with Gasteiger partial charge in [-0.1, -0.05) is 6.92 Å². The Bertz CT molecular complexity index is 1410. The van der Waals surface area contributed by atoms with Crippen LogP contribution in [0.3, 0.4) is 0 Å². The Labute approximate surface area is 209 Å². The number of pyridine rings is 1. The number of hydrogen-bond acceptors (Lipinski definition) is 7. The minimum Gasteiger partial charge on any atom is -0.494 e. The van der Waals surface area contributed by atoms with E-state index in [-0.39, 0.29) is 54.5 Å². The van der Waals surface area contributed by atoms with Gasteiger partial charge in [0, 0.05) is 43.7 Å². The lowest BCUT2D eigenvalue weighted by molar-refractivity contribution is -0.148. The van der Waals surface area contributed by atoms with E-state index < -0.39 is 17.8 Å². The van der Waals surface area contributed by atoms with Crippen molar-refractivity contribution in [3.63, 3.8) is 0 Å². The molecule has 1 aromatic carbocycles. The molecule has 1 fully saturated rings. The highest BCUT2D eigenvalue weighted by Crippen LogP contribution is 2.38. The van der Waals surface area contributed by atoms with E-state index in [2.05, 4.69) is 21.3 Å². The third kappa shape index (κ3) is 4.20. The maximum Gasteiger partial charge on any atom is 0.451 e. The fraction of sp³-hybridized carbons (Fsp3) is 0.458. The van der Waals surface area contributed by atoms with Gasteiger partial charge in [0.15, 0.2) is 17.4 Å². The average Bonchev–Trinajstić information content (AvgIpc) is 3.32. The monoisotopic (exact) mass is 517 g/mol. The zero-order valence-electron chi connectivity index (χ0n) is 20.1. The molecule has 1 saturated heterocycles. The van der Waals surface area contributed by atoms with Crippen molar-refractivity contribution < 1.29 is 27.1 Å². The van der Waals surface area contributed by atoms with Crippen molar-refractivity contribution in [3.8, 4) is 11.8 Å². The third-order valence-corrected chi connectivity index (χ3v) is 7.11.